The zero-order valence-corrected chi connectivity index (χ0v) is 34.5. The van der Waals surface area contributed by atoms with Crippen LogP contribution in [0.4, 0.5) is 0 Å². The molecule has 0 radical (unpaired) electrons. The molecule has 4 aliphatic carbocycles. The SMILES string of the molecule is C=C(C)C1CC2CC/C=C\CC3(O)CC(C(=C)C)CC(CC/C=C\CC4(O)CC(C(=C)C)CC(CC/C=C\CC(O)(C1)C2(C)C)C4(C)C)C3(C)C. The molecule has 0 aromatic heterocycles. The Bertz CT molecular complexity index is 1180. The van der Waals surface area contributed by atoms with E-state index in [1.54, 1.807) is 0 Å². The lowest BCUT2D eigenvalue weighted by molar-refractivity contribution is -0.139. The van der Waals surface area contributed by atoms with E-state index in [2.05, 4.69) is 119 Å². The average Bonchev–Trinajstić information content (AvgIpc) is 3.02. The highest BCUT2D eigenvalue weighted by Gasteiger charge is 2.55. The lowest BCUT2D eigenvalue weighted by Gasteiger charge is -2.54. The molecule has 3 saturated carbocycles. The second-order valence-electron chi connectivity index (χ2n) is 20.1. The fourth-order valence-corrected chi connectivity index (χ4v) is 11.0. The van der Waals surface area contributed by atoms with Crippen LogP contribution in [0.15, 0.2) is 72.9 Å². The Morgan fingerprint density at radius 2 is 0.686 bits per heavy atom. The van der Waals surface area contributed by atoms with Gasteiger partial charge in [0.1, 0.15) is 0 Å². The molecule has 0 aromatic rings. The first kappa shape index (κ1) is 42.1. The largest absolute Gasteiger partial charge is 0.389 e. The van der Waals surface area contributed by atoms with Gasteiger partial charge >= 0.3 is 0 Å². The lowest BCUT2D eigenvalue weighted by Crippen LogP contribution is -2.54. The molecule has 4 aliphatic rings. The van der Waals surface area contributed by atoms with Crippen molar-refractivity contribution >= 4 is 0 Å². The molecule has 0 amide bonds. The van der Waals surface area contributed by atoms with E-state index in [0.717, 1.165) is 77.0 Å². The lowest BCUT2D eigenvalue weighted by atomic mass is 9.53. The van der Waals surface area contributed by atoms with Crippen molar-refractivity contribution in [2.75, 3.05) is 0 Å². The van der Waals surface area contributed by atoms with E-state index in [-0.39, 0.29) is 16.2 Å². The topological polar surface area (TPSA) is 60.7 Å². The van der Waals surface area contributed by atoms with Crippen molar-refractivity contribution < 1.29 is 15.3 Å². The Kier molecular flexibility index (Phi) is 13.2. The first-order valence-electron chi connectivity index (χ1n) is 20.7. The van der Waals surface area contributed by atoms with Gasteiger partial charge in [-0.3, -0.25) is 0 Å². The van der Waals surface area contributed by atoms with Gasteiger partial charge in [-0.25, -0.2) is 0 Å². The van der Waals surface area contributed by atoms with Gasteiger partial charge in [-0.05, 0) is 169 Å². The van der Waals surface area contributed by atoms with Gasteiger partial charge in [0, 0.05) is 0 Å². The molecule has 0 saturated heterocycles. The van der Waals surface area contributed by atoms with Crippen LogP contribution in [0.1, 0.15) is 159 Å². The van der Waals surface area contributed by atoms with Crippen LogP contribution in [-0.2, 0) is 0 Å². The molecule has 0 heterocycles. The van der Waals surface area contributed by atoms with Crippen LogP contribution in [-0.4, -0.2) is 32.1 Å². The summed E-state index contributed by atoms with van der Waals surface area (Å²) >= 11 is 0. The monoisotopic (exact) mass is 703 g/mol. The number of hydrogen-bond donors (Lipinski definition) is 3. The Morgan fingerprint density at radius 1 is 0.451 bits per heavy atom. The summed E-state index contributed by atoms with van der Waals surface area (Å²) in [4.78, 5) is 0. The summed E-state index contributed by atoms with van der Waals surface area (Å²) in [7, 11) is 0. The average molecular weight is 703 g/mol. The van der Waals surface area contributed by atoms with Crippen LogP contribution in [0.25, 0.3) is 0 Å². The van der Waals surface area contributed by atoms with Crippen molar-refractivity contribution in [1.29, 1.82) is 0 Å². The number of aliphatic hydroxyl groups is 3. The normalized spacial score (nSPS) is 42.4. The quantitative estimate of drug-likeness (QED) is 0.257. The number of rotatable bonds is 3. The minimum atomic E-state index is -0.802. The van der Waals surface area contributed by atoms with E-state index in [0.29, 0.717) is 54.8 Å². The zero-order chi connectivity index (χ0) is 38.0. The minimum absolute atomic E-state index is 0.236. The molecule has 3 N–H and O–H groups in total. The Balaban J connectivity index is 1.68. The Hall–Kier alpha value is -1.68. The summed E-state index contributed by atoms with van der Waals surface area (Å²) in [5.41, 5.74) is 0.424. The molecule has 9 unspecified atom stereocenters. The fraction of sp³-hybridized carbons (Fsp3) is 0.750. The van der Waals surface area contributed by atoms with Crippen LogP contribution in [0.5, 0.6) is 0 Å². The van der Waals surface area contributed by atoms with Gasteiger partial charge in [-0.15, -0.1) is 0 Å². The summed E-state index contributed by atoms with van der Waals surface area (Å²) in [6.45, 7) is 33.2. The second kappa shape index (κ2) is 16.0. The first-order valence-corrected chi connectivity index (χ1v) is 20.7. The van der Waals surface area contributed by atoms with E-state index in [1.165, 1.54) is 16.7 Å². The molecule has 9 atom stereocenters. The van der Waals surface area contributed by atoms with Gasteiger partial charge in [-0.1, -0.05) is 114 Å². The maximum Gasteiger partial charge on any atom is 0.0741 e. The van der Waals surface area contributed by atoms with Crippen molar-refractivity contribution in [2.24, 2.45) is 51.8 Å². The summed E-state index contributed by atoms with van der Waals surface area (Å²) in [5, 5.41) is 37.3. The third-order valence-electron chi connectivity index (χ3n) is 16.1. The second-order valence-corrected chi connectivity index (χ2v) is 20.1. The Labute approximate surface area is 314 Å². The minimum Gasteiger partial charge on any atom is -0.389 e. The van der Waals surface area contributed by atoms with Crippen molar-refractivity contribution in [3.8, 4) is 0 Å². The van der Waals surface area contributed by atoms with E-state index in [1.807, 2.05) is 0 Å². The van der Waals surface area contributed by atoms with Gasteiger partial charge < -0.3 is 15.3 Å². The standard InChI is InChI=1S/C48H78O3/c1-34(2)37-28-40-22-16-13-20-26-47(50)32-39(36(5)6)30-42(45(47,11)12)24-18-15-21-27-48(51)33-38(35(3)4)29-41(44(48,9)10)23-17-14-19-25-46(49,31-37)43(40,7)8/h13-15,19-21,37-42,49-51H,1,3,5,16-18,22-33H2,2,4,6-12H3/b19-14-,20-13-,21-15-. The highest BCUT2D eigenvalue weighted by Crippen LogP contribution is 2.57. The predicted octanol–water partition coefficient (Wildman–Crippen LogP) is 12.3. The first-order chi connectivity index (χ1) is 23.6. The molecular formula is C48H78O3. The van der Waals surface area contributed by atoms with Gasteiger partial charge in [0.05, 0.1) is 16.8 Å². The molecule has 3 nitrogen and oxygen atoms in total. The van der Waals surface area contributed by atoms with E-state index < -0.39 is 16.8 Å². The van der Waals surface area contributed by atoms with Crippen molar-refractivity contribution in [3.63, 3.8) is 0 Å². The van der Waals surface area contributed by atoms with E-state index >= 15 is 0 Å². The van der Waals surface area contributed by atoms with E-state index in [4.69, 9.17) is 0 Å². The molecule has 288 valence electrons. The van der Waals surface area contributed by atoms with E-state index in [9.17, 15) is 15.3 Å². The third kappa shape index (κ3) is 8.67. The zero-order valence-electron chi connectivity index (χ0n) is 34.5. The summed E-state index contributed by atoms with van der Waals surface area (Å²) < 4.78 is 0. The van der Waals surface area contributed by atoms with Crippen LogP contribution < -0.4 is 0 Å². The summed E-state index contributed by atoms with van der Waals surface area (Å²) in [6, 6.07) is 0. The molecule has 6 bridgehead atoms. The molecule has 3 fully saturated rings. The molecule has 0 aliphatic heterocycles. The molecule has 4 rings (SSSR count). The van der Waals surface area contributed by atoms with Crippen molar-refractivity contribution in [3.05, 3.63) is 72.9 Å². The number of hydrogen-bond acceptors (Lipinski definition) is 3. The third-order valence-corrected chi connectivity index (χ3v) is 16.1. The molecule has 0 spiro atoms. The fourth-order valence-electron chi connectivity index (χ4n) is 11.0. The number of fused-ring (bicyclic) bond motifs is 6. The van der Waals surface area contributed by atoms with Gasteiger partial charge in [0.2, 0.25) is 0 Å². The Morgan fingerprint density at radius 3 is 0.902 bits per heavy atom. The maximum absolute atomic E-state index is 12.4. The van der Waals surface area contributed by atoms with Gasteiger partial charge in [0.25, 0.3) is 0 Å². The van der Waals surface area contributed by atoms with Crippen LogP contribution >= 0.6 is 0 Å². The smallest absolute Gasteiger partial charge is 0.0741 e. The highest BCUT2D eigenvalue weighted by atomic mass is 16.3. The molecule has 51 heavy (non-hydrogen) atoms. The van der Waals surface area contributed by atoms with Crippen molar-refractivity contribution in [1.82, 2.24) is 0 Å². The maximum atomic E-state index is 12.4. The van der Waals surface area contributed by atoms with Crippen molar-refractivity contribution in [2.45, 2.75) is 175 Å². The molecular weight excluding hydrogens is 625 g/mol. The summed E-state index contributed by atoms with van der Waals surface area (Å²) in [6.07, 6.45) is 27.0. The highest BCUT2D eigenvalue weighted by molar-refractivity contribution is 5.16. The van der Waals surface area contributed by atoms with Crippen LogP contribution in [0, 0.1) is 51.8 Å². The van der Waals surface area contributed by atoms with Gasteiger partial charge in [-0.2, -0.15) is 0 Å². The molecule has 3 heteroatoms. The van der Waals surface area contributed by atoms with Gasteiger partial charge in [0.15, 0.2) is 0 Å². The van der Waals surface area contributed by atoms with Crippen LogP contribution in [0.3, 0.4) is 0 Å². The number of allylic oxidation sites excluding steroid dienone is 6. The van der Waals surface area contributed by atoms with Crippen LogP contribution in [0.2, 0.25) is 0 Å². The molecule has 0 aromatic carbocycles. The predicted molar refractivity (Wildman–Crippen MR) is 218 cm³/mol. The summed E-state index contributed by atoms with van der Waals surface area (Å²) in [5.74, 6) is 2.08.